The minimum atomic E-state index is -0.263. The van der Waals surface area contributed by atoms with E-state index in [1.54, 1.807) is 24.3 Å². The standard InChI is InChI=1S/C19H13NO4/c21-13(7-5-12-6-8-17-18(9-12)24-11-23-17)10-15-14-3-1-2-4-16(14)20-19(15)22/h1-10H,11H2,(H,20,22)/b7-5+,15-10?. The molecule has 4 rings (SSSR count). The van der Waals surface area contributed by atoms with Gasteiger partial charge in [-0.25, -0.2) is 0 Å². The monoisotopic (exact) mass is 319 g/mol. The lowest BCUT2D eigenvalue weighted by Crippen LogP contribution is -2.05. The third-order valence-corrected chi connectivity index (χ3v) is 3.83. The molecule has 0 spiro atoms. The Balaban J connectivity index is 1.55. The van der Waals surface area contributed by atoms with E-state index in [1.807, 2.05) is 24.3 Å². The molecule has 0 aromatic heterocycles. The highest BCUT2D eigenvalue weighted by molar-refractivity contribution is 6.34. The first-order valence-electron chi connectivity index (χ1n) is 7.45. The number of benzene rings is 2. The van der Waals surface area contributed by atoms with Crippen molar-refractivity contribution in [2.24, 2.45) is 0 Å². The molecule has 2 aromatic carbocycles. The van der Waals surface area contributed by atoms with Crippen molar-refractivity contribution < 1.29 is 19.1 Å². The van der Waals surface area contributed by atoms with Gasteiger partial charge in [0.05, 0.1) is 5.57 Å². The van der Waals surface area contributed by atoms with Crippen LogP contribution in [0.1, 0.15) is 11.1 Å². The third-order valence-electron chi connectivity index (χ3n) is 3.83. The SMILES string of the molecule is O=C(C=C1C(=O)Nc2ccccc21)/C=C/c1ccc2c(c1)OCO2. The number of fused-ring (bicyclic) bond motifs is 2. The number of anilines is 1. The lowest BCUT2D eigenvalue weighted by molar-refractivity contribution is -0.112. The molecule has 0 saturated heterocycles. The molecule has 118 valence electrons. The molecule has 0 bridgehead atoms. The Kier molecular flexibility index (Phi) is 3.39. The van der Waals surface area contributed by atoms with E-state index in [9.17, 15) is 9.59 Å². The fourth-order valence-electron chi connectivity index (χ4n) is 2.67. The van der Waals surface area contributed by atoms with Gasteiger partial charge in [0.25, 0.3) is 5.91 Å². The van der Waals surface area contributed by atoms with Gasteiger partial charge < -0.3 is 14.8 Å². The maximum absolute atomic E-state index is 12.2. The fraction of sp³-hybridized carbons (Fsp3) is 0.0526. The van der Waals surface area contributed by atoms with Crippen LogP contribution < -0.4 is 14.8 Å². The summed E-state index contributed by atoms with van der Waals surface area (Å²) in [6, 6.07) is 12.7. The third kappa shape index (κ3) is 2.56. The number of hydrogen-bond donors (Lipinski definition) is 1. The molecule has 5 heteroatoms. The summed E-state index contributed by atoms with van der Waals surface area (Å²) >= 11 is 0. The highest BCUT2D eigenvalue weighted by Gasteiger charge is 2.23. The van der Waals surface area contributed by atoms with E-state index < -0.39 is 0 Å². The van der Waals surface area contributed by atoms with Crippen LogP contribution in [0.5, 0.6) is 11.5 Å². The lowest BCUT2D eigenvalue weighted by atomic mass is 10.1. The van der Waals surface area contributed by atoms with Crippen molar-refractivity contribution in [3.05, 3.63) is 65.7 Å². The van der Waals surface area contributed by atoms with Crippen LogP contribution in [0, 0.1) is 0 Å². The van der Waals surface area contributed by atoms with E-state index in [-0.39, 0.29) is 18.5 Å². The van der Waals surface area contributed by atoms with Crippen LogP contribution in [0.3, 0.4) is 0 Å². The summed E-state index contributed by atoms with van der Waals surface area (Å²) in [7, 11) is 0. The Morgan fingerprint density at radius 3 is 2.83 bits per heavy atom. The molecule has 1 amide bonds. The molecule has 0 radical (unpaired) electrons. The molecule has 0 aliphatic carbocycles. The predicted molar refractivity (Wildman–Crippen MR) is 89.7 cm³/mol. The van der Waals surface area contributed by atoms with E-state index in [0.29, 0.717) is 17.1 Å². The molecule has 0 fully saturated rings. The summed E-state index contributed by atoms with van der Waals surface area (Å²) in [5.74, 6) is 0.836. The summed E-state index contributed by atoms with van der Waals surface area (Å²) in [5, 5.41) is 2.74. The van der Waals surface area contributed by atoms with Crippen molar-refractivity contribution in [3.63, 3.8) is 0 Å². The number of ether oxygens (including phenoxy) is 2. The van der Waals surface area contributed by atoms with E-state index in [2.05, 4.69) is 5.32 Å². The van der Waals surface area contributed by atoms with Crippen LogP contribution >= 0.6 is 0 Å². The average molecular weight is 319 g/mol. The van der Waals surface area contributed by atoms with Crippen LogP contribution in [0.4, 0.5) is 5.69 Å². The van der Waals surface area contributed by atoms with Gasteiger partial charge in [-0.3, -0.25) is 9.59 Å². The molecule has 2 aliphatic rings. The molecular weight excluding hydrogens is 306 g/mol. The predicted octanol–water partition coefficient (Wildman–Crippen LogP) is 3.03. The number of carbonyl (C=O) groups is 2. The molecule has 5 nitrogen and oxygen atoms in total. The number of hydrogen-bond acceptors (Lipinski definition) is 4. The van der Waals surface area contributed by atoms with Crippen LogP contribution in [0.2, 0.25) is 0 Å². The summed E-state index contributed by atoms with van der Waals surface area (Å²) in [4.78, 5) is 24.1. The zero-order chi connectivity index (χ0) is 16.5. The first-order chi connectivity index (χ1) is 11.7. The number of carbonyl (C=O) groups excluding carboxylic acids is 2. The number of allylic oxidation sites excluding steroid dienone is 2. The average Bonchev–Trinajstić information content (AvgIpc) is 3.17. The molecule has 2 heterocycles. The summed E-state index contributed by atoms with van der Waals surface area (Å²) < 4.78 is 10.5. The van der Waals surface area contributed by atoms with E-state index in [0.717, 1.165) is 16.8 Å². The second kappa shape index (κ2) is 5.70. The van der Waals surface area contributed by atoms with Gasteiger partial charge in [0.15, 0.2) is 17.3 Å². The minimum absolute atomic E-state index is 0.210. The van der Waals surface area contributed by atoms with Crippen molar-refractivity contribution in [1.82, 2.24) is 0 Å². The Morgan fingerprint density at radius 1 is 1.08 bits per heavy atom. The molecule has 0 unspecified atom stereocenters. The highest BCUT2D eigenvalue weighted by atomic mass is 16.7. The Labute approximate surface area is 138 Å². The molecule has 0 saturated carbocycles. The fourth-order valence-corrected chi connectivity index (χ4v) is 2.67. The number of para-hydroxylation sites is 1. The van der Waals surface area contributed by atoms with Gasteiger partial charge in [-0.1, -0.05) is 30.3 Å². The van der Waals surface area contributed by atoms with Gasteiger partial charge in [0.2, 0.25) is 6.79 Å². The molecule has 24 heavy (non-hydrogen) atoms. The maximum atomic E-state index is 12.2. The van der Waals surface area contributed by atoms with Gasteiger partial charge in [0.1, 0.15) is 0 Å². The molecule has 2 aliphatic heterocycles. The number of ketones is 1. The lowest BCUT2D eigenvalue weighted by Gasteiger charge is -1.97. The zero-order valence-corrected chi connectivity index (χ0v) is 12.6. The molecule has 1 N–H and O–H groups in total. The topological polar surface area (TPSA) is 64.6 Å². The van der Waals surface area contributed by atoms with Crippen LogP contribution in [0.25, 0.3) is 11.6 Å². The van der Waals surface area contributed by atoms with Crippen molar-refractivity contribution in [1.29, 1.82) is 0 Å². The number of nitrogens with one attached hydrogen (secondary N) is 1. The normalized spacial score (nSPS) is 16.5. The van der Waals surface area contributed by atoms with Gasteiger partial charge in [-0.2, -0.15) is 0 Å². The first kappa shape index (κ1) is 14.3. The molecule has 2 aromatic rings. The Bertz CT molecular complexity index is 911. The number of amides is 1. The maximum Gasteiger partial charge on any atom is 0.256 e. The van der Waals surface area contributed by atoms with Gasteiger partial charge in [-0.15, -0.1) is 0 Å². The van der Waals surface area contributed by atoms with Crippen molar-refractivity contribution in [2.45, 2.75) is 0 Å². The van der Waals surface area contributed by atoms with E-state index in [4.69, 9.17) is 9.47 Å². The van der Waals surface area contributed by atoms with Crippen molar-refractivity contribution >= 4 is 29.0 Å². The minimum Gasteiger partial charge on any atom is -0.454 e. The first-order valence-corrected chi connectivity index (χ1v) is 7.45. The van der Waals surface area contributed by atoms with Gasteiger partial charge in [-0.05, 0) is 35.9 Å². The Morgan fingerprint density at radius 2 is 1.92 bits per heavy atom. The quantitative estimate of drug-likeness (QED) is 0.883. The molecular formula is C19H13NO4. The number of rotatable bonds is 3. The van der Waals surface area contributed by atoms with Crippen LogP contribution in [-0.4, -0.2) is 18.5 Å². The van der Waals surface area contributed by atoms with Crippen LogP contribution in [0.15, 0.2) is 54.6 Å². The Hall–Kier alpha value is -3.34. The summed E-state index contributed by atoms with van der Waals surface area (Å²) in [6.07, 6.45) is 4.46. The van der Waals surface area contributed by atoms with E-state index in [1.165, 1.54) is 12.2 Å². The van der Waals surface area contributed by atoms with Crippen LogP contribution in [-0.2, 0) is 9.59 Å². The molecule has 0 atom stereocenters. The van der Waals surface area contributed by atoms with E-state index >= 15 is 0 Å². The highest BCUT2D eigenvalue weighted by Crippen LogP contribution is 2.33. The zero-order valence-electron chi connectivity index (χ0n) is 12.6. The summed E-state index contributed by atoms with van der Waals surface area (Å²) in [6.45, 7) is 0.210. The smallest absolute Gasteiger partial charge is 0.256 e. The van der Waals surface area contributed by atoms with Crippen molar-refractivity contribution in [3.8, 4) is 11.5 Å². The second-order valence-electron chi connectivity index (χ2n) is 5.41. The summed E-state index contributed by atoms with van der Waals surface area (Å²) in [5.41, 5.74) is 2.67. The largest absolute Gasteiger partial charge is 0.454 e. The van der Waals surface area contributed by atoms with Gasteiger partial charge >= 0.3 is 0 Å². The van der Waals surface area contributed by atoms with Gasteiger partial charge in [0, 0.05) is 11.3 Å². The van der Waals surface area contributed by atoms with Crippen molar-refractivity contribution in [2.75, 3.05) is 12.1 Å². The second-order valence-corrected chi connectivity index (χ2v) is 5.41.